The van der Waals surface area contributed by atoms with Gasteiger partial charge in [-0.15, -0.1) is 0 Å². The molecule has 0 aliphatic rings. The summed E-state index contributed by atoms with van der Waals surface area (Å²) in [6.07, 6.45) is 4.46. The van der Waals surface area contributed by atoms with E-state index >= 15 is 0 Å². The molecular formula is C12H12BrN3. The predicted molar refractivity (Wildman–Crippen MR) is 67.1 cm³/mol. The Balaban J connectivity index is 2.56. The van der Waals surface area contributed by atoms with Gasteiger partial charge in [-0.1, -0.05) is 6.92 Å². The molecule has 0 spiro atoms. The van der Waals surface area contributed by atoms with Crippen molar-refractivity contribution in [3.05, 3.63) is 40.5 Å². The van der Waals surface area contributed by atoms with E-state index in [4.69, 9.17) is 0 Å². The molecule has 3 nitrogen and oxygen atoms in total. The summed E-state index contributed by atoms with van der Waals surface area (Å²) < 4.78 is 0.825. The molecule has 0 N–H and O–H groups in total. The average Bonchev–Trinajstić information content (AvgIpc) is 2.28. The molecule has 2 heterocycles. The van der Waals surface area contributed by atoms with Crippen LogP contribution >= 0.6 is 15.9 Å². The lowest BCUT2D eigenvalue weighted by molar-refractivity contribution is 0.931. The molecule has 0 aliphatic heterocycles. The quantitative estimate of drug-likeness (QED) is 0.792. The van der Waals surface area contributed by atoms with Crippen LogP contribution < -0.4 is 0 Å². The molecule has 2 aromatic rings. The molecule has 0 atom stereocenters. The van der Waals surface area contributed by atoms with Gasteiger partial charge in [0.15, 0.2) is 0 Å². The van der Waals surface area contributed by atoms with Crippen molar-refractivity contribution in [3.63, 3.8) is 0 Å². The molecule has 0 bridgehead atoms. The second-order valence-electron chi connectivity index (χ2n) is 3.54. The van der Waals surface area contributed by atoms with E-state index in [-0.39, 0.29) is 0 Å². The fraction of sp³-hybridized carbons (Fsp3) is 0.250. The lowest BCUT2D eigenvalue weighted by Crippen LogP contribution is -1.97. The van der Waals surface area contributed by atoms with Crippen LogP contribution in [0.1, 0.15) is 18.3 Å². The standard InChI is InChI=1S/C12H12BrN3/c1-3-12-15-10(6-11(13)16-12)9-4-5-14-7-8(9)2/h4-7H,3H2,1-2H3. The van der Waals surface area contributed by atoms with Gasteiger partial charge in [0.05, 0.1) is 5.69 Å². The maximum Gasteiger partial charge on any atom is 0.130 e. The lowest BCUT2D eigenvalue weighted by Gasteiger charge is -2.06. The monoisotopic (exact) mass is 277 g/mol. The van der Waals surface area contributed by atoms with Crippen LogP contribution in [0.5, 0.6) is 0 Å². The van der Waals surface area contributed by atoms with Crippen molar-refractivity contribution in [2.75, 3.05) is 0 Å². The summed E-state index contributed by atoms with van der Waals surface area (Å²) in [6.45, 7) is 4.08. The minimum atomic E-state index is 0.825. The summed E-state index contributed by atoms with van der Waals surface area (Å²) in [7, 11) is 0. The Hall–Kier alpha value is -1.29. The van der Waals surface area contributed by atoms with Crippen molar-refractivity contribution in [2.24, 2.45) is 0 Å². The first-order valence-corrected chi connectivity index (χ1v) is 5.94. The van der Waals surface area contributed by atoms with Gasteiger partial charge in [-0.05, 0) is 40.5 Å². The highest BCUT2D eigenvalue weighted by atomic mass is 79.9. The predicted octanol–water partition coefficient (Wildman–Crippen LogP) is 3.17. The second kappa shape index (κ2) is 4.70. The fourth-order valence-electron chi connectivity index (χ4n) is 1.52. The second-order valence-corrected chi connectivity index (χ2v) is 4.35. The highest BCUT2D eigenvalue weighted by Crippen LogP contribution is 2.22. The average molecular weight is 278 g/mol. The van der Waals surface area contributed by atoms with Crippen molar-refractivity contribution in [3.8, 4) is 11.3 Å². The van der Waals surface area contributed by atoms with Gasteiger partial charge in [-0.25, -0.2) is 9.97 Å². The molecule has 0 radical (unpaired) electrons. The molecule has 2 aromatic heterocycles. The minimum absolute atomic E-state index is 0.825. The molecule has 82 valence electrons. The van der Waals surface area contributed by atoms with Gasteiger partial charge in [0, 0.05) is 24.4 Å². The van der Waals surface area contributed by atoms with Gasteiger partial charge >= 0.3 is 0 Å². The molecule has 2 rings (SSSR count). The Morgan fingerprint density at radius 1 is 1.31 bits per heavy atom. The van der Waals surface area contributed by atoms with E-state index in [9.17, 15) is 0 Å². The first-order valence-electron chi connectivity index (χ1n) is 5.15. The van der Waals surface area contributed by atoms with Crippen LogP contribution in [0.3, 0.4) is 0 Å². The number of rotatable bonds is 2. The maximum absolute atomic E-state index is 4.51. The summed E-state index contributed by atoms with van der Waals surface area (Å²) in [6, 6.07) is 3.91. The topological polar surface area (TPSA) is 38.7 Å². The van der Waals surface area contributed by atoms with E-state index in [1.54, 1.807) is 6.20 Å². The van der Waals surface area contributed by atoms with Gasteiger partial charge in [-0.2, -0.15) is 0 Å². The molecule has 0 aromatic carbocycles. The first-order chi connectivity index (χ1) is 7.70. The van der Waals surface area contributed by atoms with E-state index in [2.05, 4.69) is 30.9 Å². The van der Waals surface area contributed by atoms with Gasteiger partial charge in [-0.3, -0.25) is 4.98 Å². The van der Waals surface area contributed by atoms with Crippen LogP contribution in [0.15, 0.2) is 29.1 Å². The highest BCUT2D eigenvalue weighted by molar-refractivity contribution is 9.10. The van der Waals surface area contributed by atoms with Crippen LogP contribution in [0.25, 0.3) is 11.3 Å². The summed E-state index contributed by atoms with van der Waals surface area (Å²) in [4.78, 5) is 12.9. The van der Waals surface area contributed by atoms with E-state index in [0.717, 1.165) is 33.7 Å². The molecule has 0 aliphatic carbocycles. The largest absolute Gasteiger partial charge is 0.264 e. The summed E-state index contributed by atoms with van der Waals surface area (Å²) >= 11 is 3.41. The Morgan fingerprint density at radius 3 is 2.81 bits per heavy atom. The number of hydrogen-bond acceptors (Lipinski definition) is 3. The van der Waals surface area contributed by atoms with E-state index < -0.39 is 0 Å². The first kappa shape index (κ1) is 11.2. The SMILES string of the molecule is CCc1nc(Br)cc(-c2ccncc2C)n1. The Bertz CT molecular complexity index is 511. The molecule has 0 saturated heterocycles. The third-order valence-electron chi connectivity index (χ3n) is 2.35. The molecular weight excluding hydrogens is 266 g/mol. The van der Waals surface area contributed by atoms with Gasteiger partial charge in [0.25, 0.3) is 0 Å². The van der Waals surface area contributed by atoms with Crippen LogP contribution in [0.4, 0.5) is 0 Å². The van der Waals surface area contributed by atoms with Gasteiger partial charge in [0.2, 0.25) is 0 Å². The van der Waals surface area contributed by atoms with Crippen LogP contribution in [0, 0.1) is 6.92 Å². The highest BCUT2D eigenvalue weighted by Gasteiger charge is 2.06. The third-order valence-corrected chi connectivity index (χ3v) is 2.76. The van der Waals surface area contributed by atoms with Crippen molar-refractivity contribution in [1.82, 2.24) is 15.0 Å². The molecule has 4 heteroatoms. The van der Waals surface area contributed by atoms with Gasteiger partial charge < -0.3 is 0 Å². The Kier molecular flexibility index (Phi) is 3.29. The fourth-order valence-corrected chi connectivity index (χ4v) is 1.94. The normalized spacial score (nSPS) is 10.4. The number of nitrogens with zero attached hydrogens (tertiary/aromatic N) is 3. The summed E-state index contributed by atoms with van der Waals surface area (Å²) in [5.74, 6) is 0.848. The van der Waals surface area contributed by atoms with Crippen molar-refractivity contribution in [1.29, 1.82) is 0 Å². The zero-order valence-corrected chi connectivity index (χ0v) is 10.8. The van der Waals surface area contributed by atoms with Crippen LogP contribution in [-0.4, -0.2) is 15.0 Å². The summed E-state index contributed by atoms with van der Waals surface area (Å²) in [5.41, 5.74) is 3.17. The zero-order chi connectivity index (χ0) is 11.5. The minimum Gasteiger partial charge on any atom is -0.264 e. The Morgan fingerprint density at radius 2 is 2.12 bits per heavy atom. The van der Waals surface area contributed by atoms with Crippen LogP contribution in [0.2, 0.25) is 0 Å². The van der Waals surface area contributed by atoms with Crippen LogP contribution in [-0.2, 0) is 6.42 Å². The number of halogens is 1. The van der Waals surface area contributed by atoms with E-state index in [0.29, 0.717) is 0 Å². The zero-order valence-electron chi connectivity index (χ0n) is 9.24. The smallest absolute Gasteiger partial charge is 0.130 e. The van der Waals surface area contributed by atoms with Crippen molar-refractivity contribution < 1.29 is 0 Å². The van der Waals surface area contributed by atoms with Gasteiger partial charge in [0.1, 0.15) is 10.4 Å². The molecule has 0 fully saturated rings. The summed E-state index contributed by atoms with van der Waals surface area (Å²) in [5, 5.41) is 0. The number of aromatic nitrogens is 3. The number of aryl methyl sites for hydroxylation is 2. The molecule has 0 unspecified atom stereocenters. The maximum atomic E-state index is 4.51. The molecule has 0 amide bonds. The van der Waals surface area contributed by atoms with Crippen molar-refractivity contribution in [2.45, 2.75) is 20.3 Å². The molecule has 16 heavy (non-hydrogen) atoms. The number of hydrogen-bond donors (Lipinski definition) is 0. The Labute approximate surface area is 103 Å². The van der Waals surface area contributed by atoms with E-state index in [1.807, 2.05) is 32.2 Å². The lowest BCUT2D eigenvalue weighted by atomic mass is 10.1. The molecule has 0 saturated carbocycles. The van der Waals surface area contributed by atoms with E-state index in [1.165, 1.54) is 0 Å². The third kappa shape index (κ3) is 2.27. The van der Waals surface area contributed by atoms with Crippen molar-refractivity contribution >= 4 is 15.9 Å². The number of pyridine rings is 1.